The van der Waals surface area contributed by atoms with Crippen molar-refractivity contribution in [2.24, 2.45) is 0 Å². The summed E-state index contributed by atoms with van der Waals surface area (Å²) in [7, 11) is -4.57. The van der Waals surface area contributed by atoms with E-state index in [1.165, 1.54) is 18.2 Å². The molecule has 3 aromatic rings. The van der Waals surface area contributed by atoms with E-state index in [4.69, 9.17) is 11.6 Å². The second-order valence-corrected chi connectivity index (χ2v) is 8.33. The van der Waals surface area contributed by atoms with E-state index in [1.807, 2.05) is 0 Å². The van der Waals surface area contributed by atoms with Crippen LogP contribution in [0, 0.1) is 0 Å². The van der Waals surface area contributed by atoms with Crippen LogP contribution in [-0.2, 0) is 16.2 Å². The van der Waals surface area contributed by atoms with Crippen molar-refractivity contribution in [2.45, 2.75) is 11.1 Å². The number of carbonyl (C=O) groups is 1. The van der Waals surface area contributed by atoms with Gasteiger partial charge in [0.25, 0.3) is 10.0 Å². The third-order valence-corrected chi connectivity index (χ3v) is 5.67. The van der Waals surface area contributed by atoms with Crippen molar-refractivity contribution in [3.63, 3.8) is 0 Å². The second kappa shape index (κ2) is 8.00. The van der Waals surface area contributed by atoms with Gasteiger partial charge in [-0.05, 0) is 41.5 Å². The molecule has 0 radical (unpaired) electrons. The third-order valence-electron chi connectivity index (χ3n) is 4.11. The molecule has 0 amide bonds. The van der Waals surface area contributed by atoms with E-state index in [-0.39, 0.29) is 11.3 Å². The van der Waals surface area contributed by atoms with Crippen molar-refractivity contribution in [3.05, 3.63) is 82.9 Å². The number of rotatable bonds is 5. The van der Waals surface area contributed by atoms with Crippen LogP contribution in [0.15, 0.2) is 71.6 Å². The maximum Gasteiger partial charge on any atom is 0.416 e. The number of halogens is 4. The van der Waals surface area contributed by atoms with Crippen LogP contribution in [0.3, 0.4) is 0 Å². The number of nitrogens with one attached hydrogen (secondary N) is 1. The fourth-order valence-electron chi connectivity index (χ4n) is 2.71. The molecule has 0 unspecified atom stereocenters. The molecular weight excluding hydrogens is 443 g/mol. The molecule has 30 heavy (non-hydrogen) atoms. The van der Waals surface area contributed by atoms with Gasteiger partial charge in [-0.1, -0.05) is 48.0 Å². The normalized spacial score (nSPS) is 11.9. The summed E-state index contributed by atoms with van der Waals surface area (Å²) in [5.41, 5.74) is -0.696. The predicted molar refractivity (Wildman–Crippen MR) is 106 cm³/mol. The molecule has 0 fully saturated rings. The highest BCUT2D eigenvalue weighted by atomic mass is 35.5. The summed E-state index contributed by atoms with van der Waals surface area (Å²) in [5, 5.41) is 8.96. The Bertz CT molecular complexity index is 1210. The van der Waals surface area contributed by atoms with E-state index >= 15 is 0 Å². The molecular formula is C20H13ClF3NO4S. The van der Waals surface area contributed by atoms with Gasteiger partial charge in [0.05, 0.1) is 21.7 Å². The monoisotopic (exact) mass is 455 g/mol. The number of carboxylic acid groups (broad SMARTS) is 1. The fraction of sp³-hybridized carbons (Fsp3) is 0.0500. The van der Waals surface area contributed by atoms with Crippen LogP contribution in [0.4, 0.5) is 18.9 Å². The maximum atomic E-state index is 13.0. The molecule has 0 heterocycles. The Morgan fingerprint density at radius 2 is 1.60 bits per heavy atom. The van der Waals surface area contributed by atoms with Crippen molar-refractivity contribution in [1.82, 2.24) is 0 Å². The molecule has 0 aromatic heterocycles. The first-order valence-electron chi connectivity index (χ1n) is 8.31. The largest absolute Gasteiger partial charge is 0.478 e. The predicted octanol–water partition coefficient (Wildman–Crippen LogP) is 5.52. The zero-order valence-corrected chi connectivity index (χ0v) is 16.5. The summed E-state index contributed by atoms with van der Waals surface area (Å²) in [4.78, 5) is 10.8. The third kappa shape index (κ3) is 4.74. The van der Waals surface area contributed by atoms with Crippen LogP contribution in [0.25, 0.3) is 11.1 Å². The number of sulfonamides is 1. The van der Waals surface area contributed by atoms with E-state index < -0.39 is 37.7 Å². The number of hydrogen-bond acceptors (Lipinski definition) is 3. The lowest BCUT2D eigenvalue weighted by Gasteiger charge is -2.14. The summed E-state index contributed by atoms with van der Waals surface area (Å²) in [6.45, 7) is 0. The molecule has 3 rings (SSSR count). The van der Waals surface area contributed by atoms with Crippen molar-refractivity contribution in [2.75, 3.05) is 4.72 Å². The molecule has 0 aliphatic heterocycles. The molecule has 2 N–H and O–H groups in total. The van der Waals surface area contributed by atoms with Crippen LogP contribution in [0.2, 0.25) is 5.02 Å². The Kier molecular flexibility index (Phi) is 5.78. The first kappa shape index (κ1) is 21.7. The molecule has 0 saturated carbocycles. The molecule has 0 aliphatic carbocycles. The van der Waals surface area contributed by atoms with Gasteiger partial charge in [-0.3, -0.25) is 4.72 Å². The smallest absolute Gasteiger partial charge is 0.416 e. The van der Waals surface area contributed by atoms with Gasteiger partial charge in [0, 0.05) is 5.02 Å². The van der Waals surface area contributed by atoms with Gasteiger partial charge in [0.15, 0.2) is 0 Å². The number of aromatic carboxylic acids is 1. The van der Waals surface area contributed by atoms with Crippen LogP contribution >= 0.6 is 11.6 Å². The molecule has 0 atom stereocenters. The summed E-state index contributed by atoms with van der Waals surface area (Å²) in [6.07, 6.45) is -4.81. The van der Waals surface area contributed by atoms with Crippen molar-refractivity contribution >= 4 is 33.3 Å². The summed E-state index contributed by atoms with van der Waals surface area (Å²) in [5.74, 6) is -1.41. The minimum atomic E-state index is -4.81. The van der Waals surface area contributed by atoms with Crippen LogP contribution in [-0.4, -0.2) is 19.5 Å². The fourth-order valence-corrected chi connectivity index (χ4v) is 4.15. The zero-order chi connectivity index (χ0) is 22.1. The highest BCUT2D eigenvalue weighted by Gasteiger charge is 2.32. The quantitative estimate of drug-likeness (QED) is 0.530. The van der Waals surface area contributed by atoms with Gasteiger partial charge < -0.3 is 5.11 Å². The molecule has 0 aliphatic rings. The lowest BCUT2D eigenvalue weighted by atomic mass is 10.0. The minimum absolute atomic E-state index is 0.294. The number of anilines is 1. The van der Waals surface area contributed by atoms with Gasteiger partial charge in [-0.25, -0.2) is 13.2 Å². The average Bonchev–Trinajstić information content (AvgIpc) is 2.67. The number of hydrogen-bond donors (Lipinski definition) is 2. The van der Waals surface area contributed by atoms with Crippen LogP contribution in [0.1, 0.15) is 15.9 Å². The number of alkyl halides is 3. The molecule has 156 valence electrons. The average molecular weight is 456 g/mol. The summed E-state index contributed by atoms with van der Waals surface area (Å²) < 4.78 is 66.6. The number of benzene rings is 3. The van der Waals surface area contributed by atoms with Crippen molar-refractivity contribution < 1.29 is 31.5 Å². The molecule has 5 nitrogen and oxygen atoms in total. The maximum absolute atomic E-state index is 13.0. The van der Waals surface area contributed by atoms with Gasteiger partial charge in [-0.2, -0.15) is 13.2 Å². The molecule has 10 heteroatoms. The van der Waals surface area contributed by atoms with E-state index in [2.05, 4.69) is 4.72 Å². The summed E-state index contributed by atoms with van der Waals surface area (Å²) in [6, 6.07) is 14.6. The molecule has 0 spiro atoms. The zero-order valence-electron chi connectivity index (χ0n) is 14.9. The van der Waals surface area contributed by atoms with Crippen LogP contribution in [0.5, 0.6) is 0 Å². The topological polar surface area (TPSA) is 83.5 Å². The van der Waals surface area contributed by atoms with Crippen molar-refractivity contribution in [1.29, 1.82) is 0 Å². The van der Waals surface area contributed by atoms with Crippen molar-refractivity contribution in [3.8, 4) is 11.1 Å². The minimum Gasteiger partial charge on any atom is -0.478 e. The second-order valence-electron chi connectivity index (χ2n) is 6.21. The Morgan fingerprint density at radius 3 is 2.20 bits per heavy atom. The molecule has 0 bridgehead atoms. The van der Waals surface area contributed by atoms with E-state index in [0.29, 0.717) is 23.3 Å². The SMILES string of the molecule is O=C(O)c1ccc(-c2ccccc2)cc1NS(=O)(=O)c1cc(Cl)cc(C(F)(F)F)c1. The first-order valence-corrected chi connectivity index (χ1v) is 10.2. The highest BCUT2D eigenvalue weighted by molar-refractivity contribution is 7.92. The van der Waals surface area contributed by atoms with Gasteiger partial charge in [-0.15, -0.1) is 0 Å². The van der Waals surface area contributed by atoms with Gasteiger partial charge >= 0.3 is 12.1 Å². The lowest BCUT2D eigenvalue weighted by molar-refractivity contribution is -0.137. The Balaban J connectivity index is 2.08. The van der Waals surface area contributed by atoms with E-state index in [1.54, 1.807) is 30.3 Å². The summed E-state index contributed by atoms with van der Waals surface area (Å²) >= 11 is 5.67. The Labute approximate surface area is 174 Å². The standard InChI is InChI=1S/C20H13ClF3NO4S/c21-15-9-14(20(22,23)24)10-16(11-15)30(28,29)25-18-8-13(6-7-17(18)19(26)27)12-4-2-1-3-5-12/h1-11,25H,(H,26,27). The Morgan fingerprint density at radius 1 is 0.933 bits per heavy atom. The first-order chi connectivity index (χ1) is 14.0. The molecule has 0 saturated heterocycles. The van der Waals surface area contributed by atoms with Crippen LogP contribution < -0.4 is 4.72 Å². The highest BCUT2D eigenvalue weighted by Crippen LogP contribution is 2.34. The van der Waals surface area contributed by atoms with E-state index in [9.17, 15) is 31.5 Å². The van der Waals surface area contributed by atoms with Gasteiger partial charge in [0.2, 0.25) is 0 Å². The van der Waals surface area contributed by atoms with E-state index in [0.717, 1.165) is 6.07 Å². The van der Waals surface area contributed by atoms with Gasteiger partial charge in [0.1, 0.15) is 0 Å². The molecule has 3 aromatic carbocycles. The Hall–Kier alpha value is -3.04. The lowest BCUT2D eigenvalue weighted by Crippen LogP contribution is -2.17. The number of carboxylic acids is 1.